The zero-order valence-electron chi connectivity index (χ0n) is 19.2. The molecule has 0 bridgehead atoms. The van der Waals surface area contributed by atoms with E-state index in [-0.39, 0.29) is 56.1 Å². The number of nitrogens with zero attached hydrogens (tertiary/aromatic N) is 3. The van der Waals surface area contributed by atoms with Crippen LogP contribution in [-0.2, 0) is 34.3 Å². The molecule has 3 amide bonds. The van der Waals surface area contributed by atoms with Crippen LogP contribution in [0.4, 0.5) is 5.13 Å². The van der Waals surface area contributed by atoms with Crippen molar-refractivity contribution in [1.82, 2.24) is 14.6 Å². The Balaban J connectivity index is 0.00000481. The number of esters is 1. The molecule has 18 heteroatoms. The van der Waals surface area contributed by atoms with Crippen molar-refractivity contribution in [3.8, 4) is 0 Å². The summed E-state index contributed by atoms with van der Waals surface area (Å²) in [5, 5.41) is 9.66. The third-order valence-electron chi connectivity index (χ3n) is 4.60. The van der Waals surface area contributed by atoms with Crippen LogP contribution in [0.3, 0.4) is 0 Å². The van der Waals surface area contributed by atoms with Crippen LogP contribution >= 0.6 is 22.9 Å². The first-order valence-electron chi connectivity index (χ1n) is 9.81. The normalized spacial score (nSPS) is 17.2. The van der Waals surface area contributed by atoms with Crippen LogP contribution in [0.25, 0.3) is 0 Å². The van der Waals surface area contributed by atoms with Crippen molar-refractivity contribution < 1.29 is 71.3 Å². The minimum atomic E-state index is -5.26. The Morgan fingerprint density at radius 2 is 1.95 bits per heavy atom. The quantitative estimate of drug-likeness (QED) is 0.0545. The van der Waals surface area contributed by atoms with Crippen molar-refractivity contribution in [2.45, 2.75) is 12.1 Å². The fourth-order valence-electron chi connectivity index (χ4n) is 3.03. The number of anilines is 1. The third kappa shape index (κ3) is 7.47. The van der Waals surface area contributed by atoms with E-state index in [1.54, 1.807) is 18.2 Å². The molecule has 1 saturated heterocycles. The molecule has 1 aromatic carbocycles. The molecule has 0 aliphatic carbocycles. The zero-order valence-corrected chi connectivity index (χ0v) is 23.6. The number of amides is 3. The van der Waals surface area contributed by atoms with E-state index in [1.165, 1.54) is 17.5 Å². The summed E-state index contributed by atoms with van der Waals surface area (Å²) in [6.07, 6.45) is 0. The van der Waals surface area contributed by atoms with Gasteiger partial charge < -0.3 is 24.8 Å². The summed E-state index contributed by atoms with van der Waals surface area (Å²) in [6.45, 7) is -0.700. The number of halogens is 1. The van der Waals surface area contributed by atoms with Gasteiger partial charge in [0.05, 0.1) is 5.56 Å². The molecule has 0 spiro atoms. The molecule has 1 aromatic heterocycles. The molecular weight excluding hydrogens is 565 g/mol. The number of thiazole rings is 1. The summed E-state index contributed by atoms with van der Waals surface area (Å²) in [4.78, 5) is 57.6. The Morgan fingerprint density at radius 3 is 2.54 bits per heavy atom. The summed E-state index contributed by atoms with van der Waals surface area (Å²) in [5.74, 6) is -3.95. The Bertz CT molecular complexity index is 1310. The first kappa shape index (κ1) is 30.6. The van der Waals surface area contributed by atoms with Gasteiger partial charge in [-0.2, -0.15) is 0 Å². The minimum Gasteiger partial charge on any atom is -0.731 e. The van der Waals surface area contributed by atoms with E-state index in [0.717, 1.165) is 18.4 Å². The van der Waals surface area contributed by atoms with Gasteiger partial charge >= 0.3 is 35.5 Å². The van der Waals surface area contributed by atoms with Gasteiger partial charge in [-0.25, -0.2) is 22.5 Å². The molecule has 1 fully saturated rings. The monoisotopic (exact) mass is 581 g/mol. The van der Waals surface area contributed by atoms with Gasteiger partial charge in [-0.1, -0.05) is 23.4 Å². The standard InChI is InChI=1S/C19H18ClN5O9S2.Na/c1-33-24-14(11-9-35-19(21-11)22-13(26)7-20)16(27)23-15-12(25(17(15)28)36(30,31)32)8-34-18(29)10-5-3-2-4-6-10;/h2-6,9,12,15H,7-8H2,1H3,(H,23,27)(H,21,22,26)(H,30,31,32);/q;+1/p-1/b24-14-;/t12-,15+;/m0./s1. The summed E-state index contributed by atoms with van der Waals surface area (Å²) in [7, 11) is -4.12. The van der Waals surface area contributed by atoms with Gasteiger partial charge in [0.15, 0.2) is 21.1 Å². The molecule has 0 radical (unpaired) electrons. The maximum atomic E-state index is 12.9. The number of hydrogen-bond acceptors (Lipinski definition) is 12. The van der Waals surface area contributed by atoms with E-state index in [0.29, 0.717) is 0 Å². The van der Waals surface area contributed by atoms with Crippen molar-refractivity contribution in [1.29, 1.82) is 0 Å². The molecule has 0 saturated carbocycles. The summed E-state index contributed by atoms with van der Waals surface area (Å²) in [5.41, 5.74) is -0.317. The van der Waals surface area contributed by atoms with Crippen molar-refractivity contribution in [3.63, 3.8) is 0 Å². The molecule has 1 aliphatic rings. The smallest absolute Gasteiger partial charge is 0.731 e. The van der Waals surface area contributed by atoms with E-state index in [2.05, 4.69) is 25.6 Å². The number of hydrogen-bond donors (Lipinski definition) is 2. The average Bonchev–Trinajstić information content (AvgIpc) is 3.30. The predicted molar refractivity (Wildman–Crippen MR) is 124 cm³/mol. The number of aromatic nitrogens is 1. The molecule has 2 aromatic rings. The van der Waals surface area contributed by atoms with Gasteiger partial charge in [-0.15, -0.1) is 22.9 Å². The number of carbonyl (C=O) groups is 4. The molecule has 2 heterocycles. The fraction of sp³-hybridized carbons (Fsp3) is 0.263. The predicted octanol–water partition coefficient (Wildman–Crippen LogP) is -3.31. The van der Waals surface area contributed by atoms with E-state index < -0.39 is 58.4 Å². The van der Waals surface area contributed by atoms with E-state index in [4.69, 9.17) is 16.3 Å². The van der Waals surface area contributed by atoms with E-state index >= 15 is 0 Å². The molecule has 0 unspecified atom stereocenters. The first-order valence-corrected chi connectivity index (χ1v) is 12.6. The average molecular weight is 582 g/mol. The fourth-order valence-corrected chi connectivity index (χ4v) is 4.66. The van der Waals surface area contributed by atoms with Gasteiger partial charge in [0.2, 0.25) is 5.91 Å². The minimum absolute atomic E-state index is 0. The number of β-lactam (4-membered cyclic amide) rings is 1. The van der Waals surface area contributed by atoms with E-state index in [1.807, 2.05) is 0 Å². The summed E-state index contributed by atoms with van der Waals surface area (Å²) in [6, 6.07) is 4.65. The van der Waals surface area contributed by atoms with Gasteiger partial charge in [-0.05, 0) is 12.1 Å². The topological polar surface area (TPSA) is 196 Å². The second-order valence-corrected chi connectivity index (χ2v) is 9.29. The molecule has 3 rings (SSSR count). The third-order valence-corrected chi connectivity index (χ3v) is 6.54. The van der Waals surface area contributed by atoms with Crippen LogP contribution in [0.15, 0.2) is 40.9 Å². The van der Waals surface area contributed by atoms with Gasteiger partial charge in [0, 0.05) is 5.38 Å². The Hall–Kier alpha value is -2.60. The maximum absolute atomic E-state index is 12.9. The summed E-state index contributed by atoms with van der Waals surface area (Å²) >= 11 is 6.37. The number of nitrogens with one attached hydrogen (secondary N) is 2. The number of alkyl halides is 1. The van der Waals surface area contributed by atoms with Gasteiger partial charge in [0.1, 0.15) is 37.4 Å². The molecule has 192 valence electrons. The zero-order chi connectivity index (χ0) is 26.5. The molecule has 2 N–H and O–H groups in total. The van der Waals surface area contributed by atoms with Crippen LogP contribution in [0, 0.1) is 0 Å². The van der Waals surface area contributed by atoms with E-state index in [9.17, 15) is 32.1 Å². The summed E-state index contributed by atoms with van der Waals surface area (Å²) < 4.78 is 39.7. The second-order valence-electron chi connectivity index (χ2n) is 6.92. The van der Waals surface area contributed by atoms with Crippen LogP contribution in [0.5, 0.6) is 0 Å². The number of ether oxygens (including phenoxy) is 1. The van der Waals surface area contributed by atoms with Crippen LogP contribution in [0.1, 0.15) is 16.1 Å². The maximum Gasteiger partial charge on any atom is 1.00 e. The number of oxime groups is 1. The SMILES string of the molecule is CO/N=C(\C(=O)N[C@H]1C(=O)N(S(=O)(=O)[O-])[C@H]1COC(=O)c1ccccc1)c1csc(NC(=O)CCl)n1.[Na+]. The van der Waals surface area contributed by atoms with Crippen LogP contribution in [-0.4, -0.2) is 83.3 Å². The molecule has 1 aliphatic heterocycles. The Labute approximate surface area is 241 Å². The Morgan fingerprint density at radius 1 is 1.27 bits per heavy atom. The van der Waals surface area contributed by atoms with Crippen molar-refractivity contribution in [2.75, 3.05) is 24.9 Å². The van der Waals surface area contributed by atoms with Crippen LogP contribution in [0.2, 0.25) is 0 Å². The largest absolute Gasteiger partial charge is 1.00 e. The molecule has 37 heavy (non-hydrogen) atoms. The van der Waals surface area contributed by atoms with Crippen molar-refractivity contribution >= 4 is 67.8 Å². The van der Waals surface area contributed by atoms with Gasteiger partial charge in [-0.3, -0.25) is 14.4 Å². The van der Waals surface area contributed by atoms with Gasteiger partial charge in [0.25, 0.3) is 11.8 Å². The number of rotatable bonds is 10. The molecule has 2 atom stereocenters. The molecular formula is C19H17ClN5NaO9S2. The van der Waals surface area contributed by atoms with Crippen molar-refractivity contribution in [2.24, 2.45) is 5.16 Å². The first-order chi connectivity index (χ1) is 17.1. The number of carbonyl (C=O) groups excluding carboxylic acids is 4. The van der Waals surface area contributed by atoms with Crippen molar-refractivity contribution in [3.05, 3.63) is 47.0 Å². The van der Waals surface area contributed by atoms with Crippen LogP contribution < -0.4 is 40.2 Å². The molecule has 14 nitrogen and oxygen atoms in total. The second kappa shape index (κ2) is 13.3. The Kier molecular flexibility index (Phi) is 11.0. The number of benzene rings is 1.